The minimum absolute atomic E-state index is 0.215. The molecule has 0 N–H and O–H groups in total. The van der Waals surface area contributed by atoms with Gasteiger partial charge in [0.1, 0.15) is 5.78 Å². The summed E-state index contributed by atoms with van der Waals surface area (Å²) in [7, 11) is 0. The van der Waals surface area contributed by atoms with Gasteiger partial charge < -0.3 is 0 Å². The number of hydrogen-bond acceptors (Lipinski definition) is 1. The molecule has 2 atom stereocenters. The molecule has 0 aromatic heterocycles. The summed E-state index contributed by atoms with van der Waals surface area (Å²) < 4.78 is 0.215. The van der Waals surface area contributed by atoms with E-state index in [1.165, 1.54) is 0 Å². The summed E-state index contributed by atoms with van der Waals surface area (Å²) in [5.41, 5.74) is 0. The van der Waals surface area contributed by atoms with Gasteiger partial charge in [-0.25, -0.2) is 0 Å². The molecule has 0 aromatic carbocycles. The van der Waals surface area contributed by atoms with E-state index in [9.17, 15) is 4.79 Å². The Bertz CT molecular complexity index is 101. The van der Waals surface area contributed by atoms with Gasteiger partial charge in [-0.1, -0.05) is 42.9 Å². The smallest absolute Gasteiger partial charge is 0.142 e. The van der Waals surface area contributed by atoms with Gasteiger partial charge in [0.15, 0.2) is 0 Å². The number of alkyl halides is 1. The van der Waals surface area contributed by atoms with E-state index in [2.05, 4.69) is 36.4 Å². The van der Waals surface area contributed by atoms with Crippen LogP contribution >= 0.6 is 22.6 Å². The van der Waals surface area contributed by atoms with Crippen molar-refractivity contribution < 1.29 is 4.79 Å². The molecule has 0 fully saturated rings. The van der Waals surface area contributed by atoms with Crippen LogP contribution in [-0.4, -0.2) is 9.71 Å². The highest BCUT2D eigenvalue weighted by Gasteiger charge is 2.15. The SMILES string of the molecule is CCC(C)C(I)C(C)=O. The summed E-state index contributed by atoms with van der Waals surface area (Å²) in [6.45, 7) is 5.88. The van der Waals surface area contributed by atoms with Gasteiger partial charge >= 0.3 is 0 Å². The lowest BCUT2D eigenvalue weighted by atomic mass is 10.0. The minimum Gasteiger partial charge on any atom is -0.299 e. The topological polar surface area (TPSA) is 17.1 Å². The van der Waals surface area contributed by atoms with Crippen LogP contribution in [0.1, 0.15) is 27.2 Å². The van der Waals surface area contributed by atoms with Gasteiger partial charge in [-0.3, -0.25) is 4.79 Å². The van der Waals surface area contributed by atoms with Crippen molar-refractivity contribution >= 4 is 28.4 Å². The van der Waals surface area contributed by atoms with Crippen LogP contribution in [0.3, 0.4) is 0 Å². The van der Waals surface area contributed by atoms with E-state index in [-0.39, 0.29) is 3.92 Å². The summed E-state index contributed by atoms with van der Waals surface area (Å²) in [6, 6.07) is 0. The van der Waals surface area contributed by atoms with Crippen LogP contribution in [0.25, 0.3) is 0 Å². The number of rotatable bonds is 3. The number of halogens is 1. The van der Waals surface area contributed by atoms with E-state index in [0.717, 1.165) is 6.42 Å². The quantitative estimate of drug-likeness (QED) is 0.547. The van der Waals surface area contributed by atoms with Crippen molar-refractivity contribution in [2.75, 3.05) is 0 Å². The molecule has 0 saturated carbocycles. The highest BCUT2D eigenvalue weighted by Crippen LogP contribution is 2.16. The van der Waals surface area contributed by atoms with Crippen LogP contribution in [0.4, 0.5) is 0 Å². The summed E-state index contributed by atoms with van der Waals surface area (Å²) in [5, 5.41) is 0. The number of Topliss-reactive ketones (excluding diaryl/α,β-unsaturated/α-hetero) is 1. The molecule has 0 aliphatic rings. The molecule has 0 spiro atoms. The second-order valence-corrected chi connectivity index (χ2v) is 3.74. The zero-order valence-corrected chi connectivity index (χ0v) is 8.31. The van der Waals surface area contributed by atoms with E-state index in [0.29, 0.717) is 11.7 Å². The Morgan fingerprint density at radius 3 is 2.22 bits per heavy atom. The summed E-state index contributed by atoms with van der Waals surface area (Å²) in [5.74, 6) is 0.827. The van der Waals surface area contributed by atoms with Gasteiger partial charge in [0, 0.05) is 0 Å². The third-order valence-electron chi connectivity index (χ3n) is 1.53. The van der Waals surface area contributed by atoms with Gasteiger partial charge in [0.25, 0.3) is 0 Å². The zero-order chi connectivity index (χ0) is 7.44. The molecule has 0 rings (SSSR count). The van der Waals surface area contributed by atoms with Gasteiger partial charge in [-0.15, -0.1) is 0 Å². The number of ketones is 1. The third kappa shape index (κ3) is 3.18. The molecule has 0 bridgehead atoms. The molecule has 2 unspecified atom stereocenters. The first-order chi connectivity index (χ1) is 4.09. The van der Waals surface area contributed by atoms with Gasteiger partial charge in [-0.2, -0.15) is 0 Å². The standard InChI is InChI=1S/C7H13IO/c1-4-5(2)7(8)6(3)9/h5,7H,4H2,1-3H3. The molecule has 2 heteroatoms. The molecule has 1 nitrogen and oxygen atoms in total. The number of carbonyl (C=O) groups excluding carboxylic acids is 1. The van der Waals surface area contributed by atoms with Gasteiger partial charge in [-0.05, 0) is 12.8 Å². The highest BCUT2D eigenvalue weighted by molar-refractivity contribution is 14.1. The molecule has 0 amide bonds. The Balaban J connectivity index is 3.72. The lowest BCUT2D eigenvalue weighted by Gasteiger charge is -2.11. The molecule has 0 aliphatic heterocycles. The molecular weight excluding hydrogens is 227 g/mol. The summed E-state index contributed by atoms with van der Waals surface area (Å²) in [4.78, 5) is 10.7. The maximum Gasteiger partial charge on any atom is 0.142 e. The second-order valence-electron chi connectivity index (χ2n) is 2.40. The maximum atomic E-state index is 10.7. The number of hydrogen-bond donors (Lipinski definition) is 0. The summed E-state index contributed by atoms with van der Waals surface area (Å²) in [6.07, 6.45) is 1.09. The van der Waals surface area contributed by atoms with Crippen LogP contribution in [0.2, 0.25) is 0 Å². The van der Waals surface area contributed by atoms with Crippen LogP contribution in [0.5, 0.6) is 0 Å². The van der Waals surface area contributed by atoms with Crippen molar-refractivity contribution in [3.05, 3.63) is 0 Å². The monoisotopic (exact) mass is 240 g/mol. The fourth-order valence-electron chi connectivity index (χ4n) is 0.608. The fraction of sp³-hybridized carbons (Fsp3) is 0.857. The lowest BCUT2D eigenvalue weighted by molar-refractivity contribution is -0.116. The molecule has 0 aromatic rings. The van der Waals surface area contributed by atoms with E-state index < -0.39 is 0 Å². The molecule has 9 heavy (non-hydrogen) atoms. The first kappa shape index (κ1) is 9.40. The Hall–Kier alpha value is 0.400. The Kier molecular flexibility index (Phi) is 4.44. The lowest BCUT2D eigenvalue weighted by Crippen LogP contribution is -2.17. The minimum atomic E-state index is 0.215. The summed E-state index contributed by atoms with van der Waals surface area (Å²) >= 11 is 2.21. The molecule has 0 aliphatic carbocycles. The van der Waals surface area contributed by atoms with Crippen molar-refractivity contribution in [3.8, 4) is 0 Å². The fourth-order valence-corrected chi connectivity index (χ4v) is 1.12. The largest absolute Gasteiger partial charge is 0.299 e. The van der Waals surface area contributed by atoms with Crippen LogP contribution < -0.4 is 0 Å². The second kappa shape index (κ2) is 4.25. The normalized spacial score (nSPS) is 16.9. The average molecular weight is 240 g/mol. The van der Waals surface area contributed by atoms with Crippen molar-refractivity contribution in [2.45, 2.75) is 31.1 Å². The van der Waals surface area contributed by atoms with Crippen LogP contribution in [0.15, 0.2) is 0 Å². The predicted molar refractivity (Wildman–Crippen MR) is 47.9 cm³/mol. The predicted octanol–water partition coefficient (Wildman–Crippen LogP) is 2.43. The zero-order valence-electron chi connectivity index (χ0n) is 6.15. The van der Waals surface area contributed by atoms with Crippen LogP contribution in [0, 0.1) is 5.92 Å². The highest BCUT2D eigenvalue weighted by atomic mass is 127. The van der Waals surface area contributed by atoms with E-state index in [4.69, 9.17) is 0 Å². The van der Waals surface area contributed by atoms with Gasteiger partial charge in [0.2, 0.25) is 0 Å². The molecule has 0 saturated heterocycles. The Morgan fingerprint density at radius 1 is 1.67 bits per heavy atom. The van der Waals surface area contributed by atoms with E-state index >= 15 is 0 Å². The van der Waals surface area contributed by atoms with Gasteiger partial charge in [0.05, 0.1) is 3.92 Å². The Morgan fingerprint density at radius 2 is 2.11 bits per heavy atom. The maximum absolute atomic E-state index is 10.7. The molecule has 0 radical (unpaired) electrons. The van der Waals surface area contributed by atoms with Crippen molar-refractivity contribution in [1.82, 2.24) is 0 Å². The Labute approximate surface area is 70.4 Å². The van der Waals surface area contributed by atoms with Crippen molar-refractivity contribution in [3.63, 3.8) is 0 Å². The first-order valence-corrected chi connectivity index (χ1v) is 4.48. The molecule has 0 heterocycles. The van der Waals surface area contributed by atoms with Crippen molar-refractivity contribution in [1.29, 1.82) is 0 Å². The van der Waals surface area contributed by atoms with E-state index in [1.807, 2.05) is 0 Å². The molecule has 54 valence electrons. The first-order valence-electron chi connectivity index (χ1n) is 3.24. The third-order valence-corrected chi connectivity index (χ3v) is 3.64. The van der Waals surface area contributed by atoms with Crippen molar-refractivity contribution in [2.24, 2.45) is 5.92 Å². The average Bonchev–Trinajstić information content (AvgIpc) is 1.84. The van der Waals surface area contributed by atoms with Crippen LogP contribution in [-0.2, 0) is 4.79 Å². The molecular formula is C7H13IO. The number of carbonyl (C=O) groups is 1. The van der Waals surface area contributed by atoms with E-state index in [1.54, 1.807) is 6.92 Å².